The summed E-state index contributed by atoms with van der Waals surface area (Å²) in [4.78, 5) is 21.0. The molecular weight excluding hydrogens is 288 g/mol. The largest absolute Gasteiger partial charge is 0.383 e. The van der Waals surface area contributed by atoms with Crippen LogP contribution in [-0.2, 0) is 4.74 Å². The summed E-state index contributed by atoms with van der Waals surface area (Å²) < 4.78 is 4.95. The van der Waals surface area contributed by atoms with Crippen LogP contribution in [0.25, 0.3) is 0 Å². The number of hydrogen-bond acceptors (Lipinski definition) is 8. The second kappa shape index (κ2) is 7.21. The van der Waals surface area contributed by atoms with Crippen molar-refractivity contribution in [2.75, 3.05) is 49.3 Å². The van der Waals surface area contributed by atoms with E-state index in [4.69, 9.17) is 10.5 Å². The van der Waals surface area contributed by atoms with Crippen LogP contribution < -0.4 is 16.0 Å². The van der Waals surface area contributed by atoms with Crippen molar-refractivity contribution in [3.8, 4) is 0 Å². The molecule has 0 aromatic carbocycles. The maximum absolute atomic E-state index is 11.3. The highest BCUT2D eigenvalue weighted by molar-refractivity contribution is 5.71. The third-order valence-corrected chi connectivity index (χ3v) is 3.62. The number of ether oxygens (including phenoxy) is 1. The van der Waals surface area contributed by atoms with Crippen LogP contribution in [0, 0.1) is 16.0 Å². The summed E-state index contributed by atoms with van der Waals surface area (Å²) >= 11 is 0. The molecule has 0 spiro atoms. The van der Waals surface area contributed by atoms with Crippen LogP contribution in [0.5, 0.6) is 0 Å². The van der Waals surface area contributed by atoms with Crippen LogP contribution in [0.2, 0.25) is 0 Å². The maximum atomic E-state index is 11.3. The van der Waals surface area contributed by atoms with Crippen molar-refractivity contribution in [2.24, 2.45) is 5.92 Å². The lowest BCUT2D eigenvalue weighted by atomic mass is 10.0. The third-order valence-electron chi connectivity index (χ3n) is 3.62. The molecule has 22 heavy (non-hydrogen) atoms. The first-order valence-electron chi connectivity index (χ1n) is 7.32. The zero-order chi connectivity index (χ0) is 16.1. The van der Waals surface area contributed by atoms with Crippen molar-refractivity contribution in [3.05, 3.63) is 10.1 Å². The molecule has 2 rings (SSSR count). The normalized spacial score (nSPS) is 18.3. The molecule has 1 atom stereocenters. The molecule has 0 saturated carbocycles. The zero-order valence-corrected chi connectivity index (χ0v) is 12.9. The number of nitro groups is 1. The van der Waals surface area contributed by atoms with Crippen molar-refractivity contribution in [3.63, 3.8) is 0 Å². The first kappa shape index (κ1) is 16.2. The van der Waals surface area contributed by atoms with Crippen LogP contribution >= 0.6 is 0 Å². The van der Waals surface area contributed by atoms with E-state index in [9.17, 15) is 10.1 Å². The van der Waals surface area contributed by atoms with E-state index in [1.165, 1.54) is 0 Å². The van der Waals surface area contributed by atoms with Crippen LogP contribution in [0.4, 0.5) is 23.3 Å². The molecular formula is C13H22N6O3. The summed E-state index contributed by atoms with van der Waals surface area (Å²) in [6.45, 7) is 4.58. The average molecular weight is 310 g/mol. The first-order valence-corrected chi connectivity index (χ1v) is 7.32. The molecule has 122 valence electrons. The topological polar surface area (TPSA) is 119 Å². The Balaban J connectivity index is 2.32. The zero-order valence-electron chi connectivity index (χ0n) is 12.9. The van der Waals surface area contributed by atoms with Crippen LogP contribution in [-0.4, -0.2) is 48.2 Å². The van der Waals surface area contributed by atoms with Crippen molar-refractivity contribution in [1.29, 1.82) is 0 Å². The van der Waals surface area contributed by atoms with Gasteiger partial charge in [-0.3, -0.25) is 10.1 Å². The van der Waals surface area contributed by atoms with Gasteiger partial charge in [-0.05, 0) is 18.8 Å². The molecule has 0 unspecified atom stereocenters. The van der Waals surface area contributed by atoms with E-state index >= 15 is 0 Å². The monoisotopic (exact) mass is 310 g/mol. The third kappa shape index (κ3) is 3.73. The van der Waals surface area contributed by atoms with E-state index in [0.717, 1.165) is 25.9 Å². The molecule has 9 nitrogen and oxygen atoms in total. The fourth-order valence-electron chi connectivity index (χ4n) is 2.58. The lowest BCUT2D eigenvalue weighted by molar-refractivity contribution is -0.383. The first-order chi connectivity index (χ1) is 10.5. The Morgan fingerprint density at radius 2 is 2.32 bits per heavy atom. The van der Waals surface area contributed by atoms with Gasteiger partial charge in [-0.25, -0.2) is 0 Å². The molecule has 1 fully saturated rings. The van der Waals surface area contributed by atoms with Gasteiger partial charge in [0.1, 0.15) is 0 Å². The number of nitrogens with one attached hydrogen (secondary N) is 1. The second-order valence-corrected chi connectivity index (χ2v) is 5.47. The molecule has 1 aliphatic heterocycles. The van der Waals surface area contributed by atoms with Gasteiger partial charge < -0.3 is 20.7 Å². The van der Waals surface area contributed by atoms with Crippen molar-refractivity contribution < 1.29 is 9.66 Å². The van der Waals surface area contributed by atoms with Gasteiger partial charge >= 0.3 is 5.69 Å². The van der Waals surface area contributed by atoms with E-state index in [2.05, 4.69) is 22.2 Å². The van der Waals surface area contributed by atoms with Crippen molar-refractivity contribution >= 4 is 23.3 Å². The summed E-state index contributed by atoms with van der Waals surface area (Å²) in [6.07, 6.45) is 2.10. The number of piperidine rings is 1. The highest BCUT2D eigenvalue weighted by atomic mass is 16.6. The molecule has 0 aliphatic carbocycles. The van der Waals surface area contributed by atoms with Gasteiger partial charge in [-0.15, -0.1) is 0 Å². The predicted octanol–water partition coefficient (Wildman–Crippen LogP) is 1.26. The molecule has 2 heterocycles. The molecule has 0 radical (unpaired) electrons. The maximum Gasteiger partial charge on any atom is 0.353 e. The number of nitrogens with zero attached hydrogens (tertiary/aromatic N) is 4. The van der Waals surface area contributed by atoms with Gasteiger partial charge in [0.15, 0.2) is 0 Å². The summed E-state index contributed by atoms with van der Waals surface area (Å²) in [5.41, 5.74) is 5.56. The van der Waals surface area contributed by atoms with Gasteiger partial charge in [0.25, 0.3) is 0 Å². The predicted molar refractivity (Wildman–Crippen MR) is 84.1 cm³/mol. The fraction of sp³-hybridized carbons (Fsp3) is 0.692. The lowest BCUT2D eigenvalue weighted by Crippen LogP contribution is -2.35. The lowest BCUT2D eigenvalue weighted by Gasteiger charge is -2.31. The number of rotatable bonds is 6. The molecule has 1 aromatic rings. The fourth-order valence-corrected chi connectivity index (χ4v) is 2.58. The summed E-state index contributed by atoms with van der Waals surface area (Å²) in [5, 5.41) is 14.3. The Morgan fingerprint density at radius 1 is 1.55 bits per heavy atom. The molecule has 3 N–H and O–H groups in total. The molecule has 1 aliphatic rings. The number of hydrogen-bond donors (Lipinski definition) is 2. The second-order valence-electron chi connectivity index (χ2n) is 5.47. The smallest absolute Gasteiger partial charge is 0.353 e. The molecule has 9 heteroatoms. The van der Waals surface area contributed by atoms with E-state index in [1.807, 2.05) is 4.90 Å². The quantitative estimate of drug-likeness (QED) is 0.458. The number of nitrogens with two attached hydrogens (primary N) is 1. The highest BCUT2D eigenvalue weighted by Gasteiger charge is 2.29. The van der Waals surface area contributed by atoms with Crippen LogP contribution in [0.15, 0.2) is 0 Å². The Morgan fingerprint density at radius 3 is 2.95 bits per heavy atom. The SMILES string of the molecule is COCCNc1nc(N)c([N+](=O)[O-])c(N2CCC[C@H](C)C2)n1. The Kier molecular flexibility index (Phi) is 5.31. The van der Waals surface area contributed by atoms with Crippen molar-refractivity contribution in [2.45, 2.75) is 19.8 Å². The summed E-state index contributed by atoms with van der Waals surface area (Å²) in [6, 6.07) is 0. The van der Waals surface area contributed by atoms with Crippen LogP contribution in [0.3, 0.4) is 0 Å². The Labute approximate surface area is 129 Å². The minimum absolute atomic E-state index is 0.117. The highest BCUT2D eigenvalue weighted by Crippen LogP contribution is 2.34. The minimum atomic E-state index is -0.511. The molecule has 1 aromatic heterocycles. The molecule has 1 saturated heterocycles. The number of methoxy groups -OCH3 is 1. The summed E-state index contributed by atoms with van der Waals surface area (Å²) in [5.74, 6) is 0.930. The van der Waals surface area contributed by atoms with Gasteiger partial charge in [0, 0.05) is 26.7 Å². The van der Waals surface area contributed by atoms with E-state index < -0.39 is 4.92 Å². The van der Waals surface area contributed by atoms with E-state index in [-0.39, 0.29) is 17.5 Å². The Bertz CT molecular complexity index is 539. The number of anilines is 3. The van der Waals surface area contributed by atoms with Gasteiger partial charge in [-0.2, -0.15) is 9.97 Å². The van der Waals surface area contributed by atoms with E-state index in [1.54, 1.807) is 7.11 Å². The van der Waals surface area contributed by atoms with Gasteiger partial charge in [0.2, 0.25) is 17.6 Å². The molecule has 0 bridgehead atoms. The Hall–Kier alpha value is -2.16. The molecule has 0 amide bonds. The van der Waals surface area contributed by atoms with Gasteiger partial charge in [-0.1, -0.05) is 6.92 Å². The minimum Gasteiger partial charge on any atom is -0.383 e. The average Bonchev–Trinajstić information content (AvgIpc) is 2.46. The summed E-state index contributed by atoms with van der Waals surface area (Å²) in [7, 11) is 1.59. The van der Waals surface area contributed by atoms with E-state index in [0.29, 0.717) is 24.9 Å². The number of aromatic nitrogens is 2. The van der Waals surface area contributed by atoms with Gasteiger partial charge in [0.05, 0.1) is 11.5 Å². The number of nitrogen functional groups attached to an aromatic ring is 1. The van der Waals surface area contributed by atoms with Crippen molar-refractivity contribution in [1.82, 2.24) is 9.97 Å². The standard InChI is InChI=1S/C13H22N6O3/c1-9-4-3-6-18(8-9)12-10(19(20)21)11(14)16-13(17-12)15-5-7-22-2/h9H,3-8H2,1-2H3,(H3,14,15,16,17)/t9-/m0/s1. The van der Waals surface area contributed by atoms with Crippen LogP contribution in [0.1, 0.15) is 19.8 Å².